The second kappa shape index (κ2) is 10.6. The maximum atomic E-state index is 13.4. The SMILES string of the molecule is O=c1[nH]c(=O)n([C@H]2C[C@H](OP3(=O)OCc4ccccc4O3)[C@@H](COP3(=O)OCc4ccccc4O3)O2)cc1[125I]. The monoisotopic (exact) mass is 688 g/mol. The minimum atomic E-state index is -4.11. The number of nitrogens with zero attached hydrogens (tertiary/aromatic N) is 1. The van der Waals surface area contributed by atoms with Crippen LogP contribution in [-0.4, -0.2) is 28.4 Å². The van der Waals surface area contributed by atoms with E-state index in [1.165, 1.54) is 10.8 Å². The van der Waals surface area contributed by atoms with Crippen LogP contribution in [0.3, 0.4) is 0 Å². The van der Waals surface area contributed by atoms with Crippen LogP contribution < -0.4 is 20.3 Å². The Hall–Kier alpha value is -2.29. The third-order valence-corrected chi connectivity index (χ3v) is 9.69. The maximum absolute atomic E-state index is 13.4. The van der Waals surface area contributed by atoms with Crippen molar-refractivity contribution >= 4 is 38.2 Å². The quantitative estimate of drug-likeness (QED) is 0.292. The molecule has 0 amide bonds. The van der Waals surface area contributed by atoms with Gasteiger partial charge in [-0.1, -0.05) is 36.4 Å². The first kappa shape index (κ1) is 26.9. The zero-order chi connectivity index (χ0) is 27.2. The summed E-state index contributed by atoms with van der Waals surface area (Å²) in [7, 11) is -8.14. The summed E-state index contributed by atoms with van der Waals surface area (Å²) in [6.45, 7) is -0.352. The Balaban J connectivity index is 1.23. The van der Waals surface area contributed by atoms with E-state index in [2.05, 4.69) is 4.98 Å². The van der Waals surface area contributed by atoms with Gasteiger partial charge in [0.2, 0.25) is 0 Å². The molecule has 39 heavy (non-hydrogen) atoms. The number of fused-ring (bicyclic) bond motifs is 2. The molecule has 0 saturated carbocycles. The molecular formula is C23H21IN2O11P2. The predicted octanol–water partition coefficient (Wildman–Crippen LogP) is 4.27. The van der Waals surface area contributed by atoms with E-state index in [-0.39, 0.29) is 29.8 Å². The molecule has 1 saturated heterocycles. The van der Waals surface area contributed by atoms with E-state index in [1.54, 1.807) is 71.1 Å². The first-order valence-electron chi connectivity index (χ1n) is 11.7. The van der Waals surface area contributed by atoms with Crippen molar-refractivity contribution in [3.63, 3.8) is 0 Å². The lowest BCUT2D eigenvalue weighted by Gasteiger charge is -2.29. The summed E-state index contributed by atoms with van der Waals surface area (Å²) in [4.78, 5) is 26.6. The van der Waals surface area contributed by atoms with E-state index < -0.39 is 45.3 Å². The number of ether oxygens (including phenoxy) is 1. The van der Waals surface area contributed by atoms with Crippen LogP contribution >= 0.6 is 38.2 Å². The van der Waals surface area contributed by atoms with Gasteiger partial charge in [-0.2, -0.15) is 0 Å². The van der Waals surface area contributed by atoms with Crippen molar-refractivity contribution in [2.75, 3.05) is 6.61 Å². The third kappa shape index (κ3) is 5.66. The Morgan fingerprint density at radius 3 is 2.26 bits per heavy atom. The van der Waals surface area contributed by atoms with Crippen molar-refractivity contribution in [2.45, 2.75) is 38.1 Å². The molecule has 16 heteroatoms. The number of hydrogen-bond donors (Lipinski definition) is 1. The highest BCUT2D eigenvalue weighted by Crippen LogP contribution is 2.58. The van der Waals surface area contributed by atoms with E-state index in [0.717, 1.165) is 0 Å². The highest BCUT2D eigenvalue weighted by molar-refractivity contribution is 14.1. The number of aromatic nitrogens is 2. The van der Waals surface area contributed by atoms with E-state index in [1.807, 2.05) is 0 Å². The van der Waals surface area contributed by atoms with Crippen LogP contribution in [-0.2, 0) is 45.2 Å². The highest BCUT2D eigenvalue weighted by Gasteiger charge is 2.47. The van der Waals surface area contributed by atoms with Crippen molar-refractivity contribution in [2.24, 2.45) is 0 Å². The lowest BCUT2D eigenvalue weighted by Crippen LogP contribution is -2.33. The van der Waals surface area contributed by atoms with Gasteiger partial charge in [0.05, 0.1) is 23.4 Å². The van der Waals surface area contributed by atoms with Gasteiger partial charge < -0.3 is 13.8 Å². The summed E-state index contributed by atoms with van der Waals surface area (Å²) in [5.74, 6) is 0.723. The number of benzene rings is 2. The Labute approximate surface area is 234 Å². The number of phosphoric acid groups is 2. The lowest BCUT2D eigenvalue weighted by atomic mass is 10.2. The summed E-state index contributed by atoms with van der Waals surface area (Å²) >= 11 is 1.79. The van der Waals surface area contributed by atoms with Gasteiger partial charge in [0, 0.05) is 23.7 Å². The molecular weight excluding hydrogens is 667 g/mol. The number of halogens is 1. The molecule has 2 unspecified atom stereocenters. The van der Waals surface area contributed by atoms with E-state index >= 15 is 0 Å². The molecule has 13 nitrogen and oxygen atoms in total. The molecule has 3 aliphatic rings. The summed E-state index contributed by atoms with van der Waals surface area (Å²) in [6, 6.07) is 13.9. The highest BCUT2D eigenvalue weighted by atomic mass is 125. The first-order valence-corrected chi connectivity index (χ1v) is 15.7. The fraction of sp³-hybridized carbons (Fsp3) is 0.304. The average Bonchev–Trinajstić information content (AvgIpc) is 3.31. The zero-order valence-corrected chi connectivity index (χ0v) is 23.9. The number of phosphoric ester groups is 2. The number of nitrogens with one attached hydrogen (secondary N) is 1. The minimum Gasteiger partial charge on any atom is -0.404 e. The van der Waals surface area contributed by atoms with Gasteiger partial charge in [0.1, 0.15) is 29.9 Å². The molecule has 5 atom stereocenters. The number of rotatable bonds is 6. The summed E-state index contributed by atoms with van der Waals surface area (Å²) in [6.07, 6.45) is -1.60. The fourth-order valence-corrected chi connectivity index (χ4v) is 7.35. The fourth-order valence-electron chi connectivity index (χ4n) is 4.27. The van der Waals surface area contributed by atoms with Crippen molar-refractivity contribution < 1.29 is 41.0 Å². The molecule has 1 fully saturated rings. The Bertz CT molecular complexity index is 1630. The van der Waals surface area contributed by atoms with Crippen molar-refractivity contribution in [3.8, 4) is 11.5 Å². The van der Waals surface area contributed by atoms with E-state index in [9.17, 15) is 18.7 Å². The molecule has 3 aliphatic heterocycles. The van der Waals surface area contributed by atoms with Crippen molar-refractivity contribution in [1.82, 2.24) is 9.55 Å². The van der Waals surface area contributed by atoms with Gasteiger partial charge in [-0.15, -0.1) is 0 Å². The molecule has 6 rings (SSSR count). The van der Waals surface area contributed by atoms with Crippen LogP contribution in [0.1, 0.15) is 23.8 Å². The molecule has 0 bridgehead atoms. The van der Waals surface area contributed by atoms with Gasteiger partial charge in [0.15, 0.2) is 0 Å². The normalized spacial score (nSPS) is 29.6. The van der Waals surface area contributed by atoms with Gasteiger partial charge in [-0.3, -0.25) is 32.4 Å². The molecule has 0 radical (unpaired) electrons. The van der Waals surface area contributed by atoms with Gasteiger partial charge in [-0.05, 0) is 34.7 Å². The summed E-state index contributed by atoms with van der Waals surface area (Å²) in [5, 5.41) is 0. The summed E-state index contributed by atoms with van der Waals surface area (Å²) in [5.41, 5.74) is 0.162. The van der Waals surface area contributed by atoms with Crippen LogP contribution in [0.4, 0.5) is 0 Å². The lowest BCUT2D eigenvalue weighted by molar-refractivity contribution is -0.0475. The molecule has 206 valence electrons. The van der Waals surface area contributed by atoms with Crippen molar-refractivity contribution in [3.05, 3.63) is 90.3 Å². The van der Waals surface area contributed by atoms with Crippen LogP contribution in [0, 0.1) is 3.57 Å². The largest absolute Gasteiger partial charge is 0.530 e. The van der Waals surface area contributed by atoms with Crippen LogP contribution in [0.25, 0.3) is 0 Å². The van der Waals surface area contributed by atoms with E-state index in [0.29, 0.717) is 22.6 Å². The average molecular weight is 688 g/mol. The predicted molar refractivity (Wildman–Crippen MR) is 142 cm³/mol. The maximum Gasteiger partial charge on any atom is 0.530 e. The topological polar surface area (TPSA) is 154 Å². The number of para-hydroxylation sites is 2. The Morgan fingerprint density at radius 1 is 0.949 bits per heavy atom. The molecule has 0 spiro atoms. The second-order valence-corrected chi connectivity index (χ2v) is 13.1. The Kier molecular flexibility index (Phi) is 7.31. The second-order valence-electron chi connectivity index (χ2n) is 8.79. The standard InChI is InChI=1S/C23H21IN2O11P2/c24-16-10-26(23(28)25-22(16)27)21-9-19(37-39(30)32-12-15-6-2-4-8-18(15)36-39)20(34-21)13-33-38(29)31-11-14-5-1-3-7-17(14)35-38/h1-8,10,19-21H,9,11-13H2,(H,25,27,28)/t19-,20+,21+,38?,39?/m0/s1/i24-2. The smallest absolute Gasteiger partial charge is 0.404 e. The van der Waals surface area contributed by atoms with Crippen LogP contribution in [0.2, 0.25) is 0 Å². The molecule has 2 aromatic carbocycles. The van der Waals surface area contributed by atoms with E-state index in [4.69, 9.17) is 31.9 Å². The molecule has 1 N–H and O–H groups in total. The number of hydrogen-bond acceptors (Lipinski definition) is 11. The number of aromatic amines is 1. The minimum absolute atomic E-state index is 0.000506. The van der Waals surface area contributed by atoms with Gasteiger partial charge in [-0.25, -0.2) is 13.9 Å². The van der Waals surface area contributed by atoms with Crippen molar-refractivity contribution in [1.29, 1.82) is 0 Å². The van der Waals surface area contributed by atoms with Crippen LogP contribution in [0.15, 0.2) is 64.3 Å². The molecule has 1 aromatic heterocycles. The summed E-state index contributed by atoms with van der Waals surface area (Å²) < 4.78 is 67.3. The first-order chi connectivity index (χ1) is 18.7. The van der Waals surface area contributed by atoms with Crippen LogP contribution in [0.5, 0.6) is 11.5 Å². The molecule has 0 aliphatic carbocycles. The zero-order valence-electron chi connectivity index (χ0n) is 20.0. The van der Waals surface area contributed by atoms with Gasteiger partial charge >= 0.3 is 21.3 Å². The number of H-pyrrole nitrogens is 1. The Morgan fingerprint density at radius 2 is 1.56 bits per heavy atom. The third-order valence-electron chi connectivity index (χ3n) is 6.20. The van der Waals surface area contributed by atoms with Gasteiger partial charge in [0.25, 0.3) is 5.56 Å². The molecule has 3 aromatic rings. The molecule has 4 heterocycles.